The van der Waals surface area contributed by atoms with Crippen LogP contribution in [0.15, 0.2) is 36.3 Å². The van der Waals surface area contributed by atoms with Gasteiger partial charge in [-0.1, -0.05) is 19.6 Å². The zero-order valence-electron chi connectivity index (χ0n) is 8.71. The molecule has 3 heteroatoms. The molecule has 0 aliphatic rings. The zero-order chi connectivity index (χ0) is 11.0. The molecule has 0 saturated heterocycles. The fraction of sp³-hybridized carbons (Fsp3) is 0.364. The van der Waals surface area contributed by atoms with Gasteiger partial charge in [-0.05, 0) is 25.5 Å². The highest BCUT2D eigenvalue weighted by molar-refractivity contribution is 5.77. The van der Waals surface area contributed by atoms with E-state index >= 15 is 0 Å². The molecule has 3 nitrogen and oxygen atoms in total. The second kappa shape index (κ2) is 6.95. The lowest BCUT2D eigenvalue weighted by molar-refractivity contribution is -0.120. The van der Waals surface area contributed by atoms with Gasteiger partial charge in [0.2, 0.25) is 5.91 Å². The molecule has 0 aliphatic carbocycles. The molecular weight excluding hydrogens is 178 g/mol. The normalized spacial score (nSPS) is 11.7. The first-order valence-corrected chi connectivity index (χ1v) is 4.59. The summed E-state index contributed by atoms with van der Waals surface area (Å²) in [4.78, 5) is 11.1. The predicted octanol–water partition coefficient (Wildman–Crippen LogP) is 2.43. The van der Waals surface area contributed by atoms with E-state index in [9.17, 15) is 4.79 Å². The van der Waals surface area contributed by atoms with Crippen LogP contribution in [-0.2, 0) is 4.79 Å². The van der Waals surface area contributed by atoms with Crippen LogP contribution in [0.5, 0.6) is 0 Å². The number of aliphatic hydroxyl groups is 1. The second-order valence-electron chi connectivity index (χ2n) is 3.00. The van der Waals surface area contributed by atoms with Crippen molar-refractivity contribution in [1.29, 1.82) is 0 Å². The summed E-state index contributed by atoms with van der Waals surface area (Å²) in [5.41, 5.74) is 0.751. The average molecular weight is 195 g/mol. The van der Waals surface area contributed by atoms with Crippen LogP contribution < -0.4 is 5.32 Å². The lowest BCUT2D eigenvalue weighted by atomic mass is 10.3. The monoisotopic (exact) mass is 195 g/mol. The highest BCUT2D eigenvalue weighted by Crippen LogP contribution is 1.93. The molecule has 0 aromatic rings. The summed E-state index contributed by atoms with van der Waals surface area (Å²) in [5.74, 6) is 0.00593. The van der Waals surface area contributed by atoms with Crippen LogP contribution in [0.25, 0.3) is 0 Å². The summed E-state index contributed by atoms with van der Waals surface area (Å²) in [6, 6.07) is 0. The Morgan fingerprint density at radius 1 is 1.57 bits per heavy atom. The Labute approximate surface area is 84.8 Å². The molecule has 0 aromatic heterocycles. The summed E-state index contributed by atoms with van der Waals surface area (Å²) in [6.07, 6.45) is 6.15. The van der Waals surface area contributed by atoms with Crippen molar-refractivity contribution in [3.8, 4) is 0 Å². The third-order valence-corrected chi connectivity index (χ3v) is 1.45. The standard InChI is InChI=1S/C11H17NO2/c1-4-6-11(14)12-9(2)7-5-8-10(3)13/h5,7-8,13H,3-4,6H2,1-2H3,(H,12,14)/b8-5-,9-7+. The van der Waals surface area contributed by atoms with Crippen LogP contribution >= 0.6 is 0 Å². The Balaban J connectivity index is 4.00. The number of allylic oxidation sites excluding steroid dienone is 4. The van der Waals surface area contributed by atoms with Crippen molar-refractivity contribution in [2.45, 2.75) is 26.7 Å². The molecule has 2 N–H and O–H groups in total. The van der Waals surface area contributed by atoms with E-state index in [1.807, 2.05) is 6.92 Å². The maximum absolute atomic E-state index is 11.1. The summed E-state index contributed by atoms with van der Waals surface area (Å²) >= 11 is 0. The minimum atomic E-state index is -0.00562. The highest BCUT2D eigenvalue weighted by atomic mass is 16.3. The van der Waals surface area contributed by atoms with Gasteiger partial charge < -0.3 is 10.4 Å². The van der Waals surface area contributed by atoms with E-state index in [0.717, 1.165) is 12.1 Å². The van der Waals surface area contributed by atoms with Gasteiger partial charge in [0.1, 0.15) is 5.76 Å². The number of amides is 1. The molecule has 0 rings (SSSR count). The Morgan fingerprint density at radius 2 is 2.21 bits per heavy atom. The molecule has 0 saturated carbocycles. The second-order valence-corrected chi connectivity index (χ2v) is 3.00. The van der Waals surface area contributed by atoms with Crippen LogP contribution in [0.4, 0.5) is 0 Å². The van der Waals surface area contributed by atoms with Crippen molar-refractivity contribution in [2.24, 2.45) is 0 Å². The van der Waals surface area contributed by atoms with Crippen LogP contribution in [-0.4, -0.2) is 11.0 Å². The Morgan fingerprint density at radius 3 is 2.71 bits per heavy atom. The largest absolute Gasteiger partial charge is 0.509 e. The number of aliphatic hydroxyl groups excluding tert-OH is 1. The fourth-order valence-corrected chi connectivity index (χ4v) is 0.855. The van der Waals surface area contributed by atoms with Crippen LogP contribution in [0.2, 0.25) is 0 Å². The van der Waals surface area contributed by atoms with Crippen LogP contribution in [0.1, 0.15) is 26.7 Å². The van der Waals surface area contributed by atoms with E-state index in [1.165, 1.54) is 6.08 Å². The maximum atomic E-state index is 11.1. The van der Waals surface area contributed by atoms with E-state index in [-0.39, 0.29) is 11.7 Å². The Bertz CT molecular complexity index is 264. The van der Waals surface area contributed by atoms with Gasteiger partial charge in [0.25, 0.3) is 0 Å². The van der Waals surface area contributed by atoms with Crippen molar-refractivity contribution in [3.05, 3.63) is 36.3 Å². The molecule has 0 atom stereocenters. The van der Waals surface area contributed by atoms with Gasteiger partial charge in [-0.15, -0.1) is 0 Å². The van der Waals surface area contributed by atoms with E-state index < -0.39 is 0 Å². The Hall–Kier alpha value is -1.51. The predicted molar refractivity (Wildman–Crippen MR) is 57.7 cm³/mol. The molecule has 0 aromatic carbocycles. The smallest absolute Gasteiger partial charge is 0.224 e. The van der Waals surface area contributed by atoms with Gasteiger partial charge in [-0.25, -0.2) is 0 Å². The number of carbonyl (C=O) groups excluding carboxylic acids is 1. The van der Waals surface area contributed by atoms with Gasteiger partial charge >= 0.3 is 0 Å². The summed E-state index contributed by atoms with van der Waals surface area (Å²) in [7, 11) is 0. The van der Waals surface area contributed by atoms with Gasteiger partial charge in [0.15, 0.2) is 0 Å². The lowest BCUT2D eigenvalue weighted by Crippen LogP contribution is -2.20. The summed E-state index contributed by atoms with van der Waals surface area (Å²) in [5, 5.41) is 11.4. The molecule has 0 heterocycles. The molecule has 0 unspecified atom stereocenters. The minimum absolute atomic E-state index is 0.00562. The third kappa shape index (κ3) is 7.16. The molecule has 78 valence electrons. The number of nitrogens with one attached hydrogen (secondary N) is 1. The van der Waals surface area contributed by atoms with E-state index in [2.05, 4.69) is 11.9 Å². The van der Waals surface area contributed by atoms with Crippen molar-refractivity contribution >= 4 is 5.91 Å². The fourth-order valence-electron chi connectivity index (χ4n) is 0.855. The molecule has 0 bridgehead atoms. The number of hydrogen-bond acceptors (Lipinski definition) is 2. The number of carbonyl (C=O) groups is 1. The van der Waals surface area contributed by atoms with Crippen molar-refractivity contribution in [2.75, 3.05) is 0 Å². The molecule has 14 heavy (non-hydrogen) atoms. The van der Waals surface area contributed by atoms with Crippen LogP contribution in [0.3, 0.4) is 0 Å². The van der Waals surface area contributed by atoms with Crippen molar-refractivity contribution in [1.82, 2.24) is 5.32 Å². The molecule has 0 aliphatic heterocycles. The SMILES string of the molecule is C=C(O)/C=C\C=C(/C)NC(=O)CCC. The molecule has 0 spiro atoms. The first kappa shape index (κ1) is 12.5. The zero-order valence-corrected chi connectivity index (χ0v) is 8.71. The first-order chi connectivity index (χ1) is 6.56. The molecule has 0 fully saturated rings. The quantitative estimate of drug-likeness (QED) is 0.523. The number of hydrogen-bond donors (Lipinski definition) is 2. The van der Waals surface area contributed by atoms with E-state index in [4.69, 9.17) is 5.11 Å². The molecular formula is C11H17NO2. The highest BCUT2D eigenvalue weighted by Gasteiger charge is 1.97. The van der Waals surface area contributed by atoms with Gasteiger partial charge in [0, 0.05) is 12.1 Å². The average Bonchev–Trinajstić information content (AvgIpc) is 2.03. The third-order valence-electron chi connectivity index (χ3n) is 1.45. The van der Waals surface area contributed by atoms with Gasteiger partial charge in [-0.2, -0.15) is 0 Å². The van der Waals surface area contributed by atoms with E-state index in [1.54, 1.807) is 19.1 Å². The first-order valence-electron chi connectivity index (χ1n) is 4.59. The van der Waals surface area contributed by atoms with Crippen molar-refractivity contribution < 1.29 is 9.90 Å². The Kier molecular flexibility index (Phi) is 6.20. The van der Waals surface area contributed by atoms with Gasteiger partial charge in [-0.3, -0.25) is 4.79 Å². The van der Waals surface area contributed by atoms with E-state index in [0.29, 0.717) is 6.42 Å². The number of rotatable bonds is 5. The summed E-state index contributed by atoms with van der Waals surface area (Å²) in [6.45, 7) is 7.04. The summed E-state index contributed by atoms with van der Waals surface area (Å²) < 4.78 is 0. The lowest BCUT2D eigenvalue weighted by Gasteiger charge is -2.02. The van der Waals surface area contributed by atoms with Gasteiger partial charge in [0.05, 0.1) is 0 Å². The minimum Gasteiger partial charge on any atom is -0.509 e. The molecule has 0 radical (unpaired) electrons. The maximum Gasteiger partial charge on any atom is 0.224 e. The topological polar surface area (TPSA) is 49.3 Å². The molecule has 1 amide bonds. The van der Waals surface area contributed by atoms with Crippen molar-refractivity contribution in [3.63, 3.8) is 0 Å². The van der Waals surface area contributed by atoms with Crippen LogP contribution in [0, 0.1) is 0 Å².